The predicted molar refractivity (Wildman–Crippen MR) is 104 cm³/mol. The van der Waals surface area contributed by atoms with E-state index in [-0.39, 0.29) is 11.4 Å². The van der Waals surface area contributed by atoms with Crippen molar-refractivity contribution in [2.24, 2.45) is 0 Å². The molecule has 0 radical (unpaired) electrons. The molecule has 0 aliphatic heterocycles. The lowest BCUT2D eigenvalue weighted by Crippen LogP contribution is -2.35. The number of halogens is 1. The Balaban J connectivity index is 1.82. The second-order valence-corrected chi connectivity index (χ2v) is 8.11. The fraction of sp³-hybridized carbons (Fsp3) is 0.100. The smallest absolute Gasteiger partial charge is 0.319 e. The summed E-state index contributed by atoms with van der Waals surface area (Å²) in [6, 6.07) is 16.1. The lowest BCUT2D eigenvalue weighted by molar-refractivity contribution is 0.252. The van der Waals surface area contributed by atoms with E-state index < -0.39 is 26.9 Å². The van der Waals surface area contributed by atoms with Gasteiger partial charge in [-0.15, -0.1) is 0 Å². The third-order valence-electron chi connectivity index (χ3n) is 4.05. The maximum atomic E-state index is 13.2. The number of nitrogens with zero attached hydrogens (tertiary/aromatic N) is 1. The lowest BCUT2D eigenvalue weighted by Gasteiger charge is -2.19. The Bertz CT molecular complexity index is 1030. The maximum absolute atomic E-state index is 13.2. The average Bonchev–Trinajstić information content (AvgIpc) is 2.70. The van der Waals surface area contributed by atoms with Crippen LogP contribution in [-0.2, 0) is 9.84 Å². The van der Waals surface area contributed by atoms with Crippen LogP contribution in [0.3, 0.4) is 0 Å². The van der Waals surface area contributed by atoms with Crippen LogP contribution in [0.5, 0.6) is 0 Å². The summed E-state index contributed by atoms with van der Waals surface area (Å²) in [6.45, 7) is -0.177. The molecule has 2 amide bonds. The van der Waals surface area contributed by atoms with Gasteiger partial charge in [-0.25, -0.2) is 17.6 Å². The van der Waals surface area contributed by atoms with Gasteiger partial charge in [0.15, 0.2) is 9.84 Å². The molecule has 0 saturated carbocycles. The molecule has 1 unspecified atom stereocenters. The van der Waals surface area contributed by atoms with E-state index in [9.17, 15) is 17.6 Å². The molecule has 0 aliphatic rings. The number of nitrogens with one attached hydrogen (secondary N) is 2. The van der Waals surface area contributed by atoms with E-state index >= 15 is 0 Å². The number of urea groups is 1. The van der Waals surface area contributed by atoms with Crippen molar-refractivity contribution in [3.8, 4) is 0 Å². The highest BCUT2D eigenvalue weighted by Crippen LogP contribution is 2.28. The molecule has 1 heterocycles. The average molecular weight is 399 g/mol. The van der Waals surface area contributed by atoms with Crippen LogP contribution in [0.1, 0.15) is 10.8 Å². The molecule has 0 fully saturated rings. The molecule has 0 bridgehead atoms. The monoisotopic (exact) mass is 399 g/mol. The van der Waals surface area contributed by atoms with Crippen molar-refractivity contribution >= 4 is 21.6 Å². The van der Waals surface area contributed by atoms with Gasteiger partial charge in [-0.05, 0) is 48.0 Å². The van der Waals surface area contributed by atoms with E-state index in [0.29, 0.717) is 11.3 Å². The number of para-hydroxylation sites is 1. The Morgan fingerprint density at radius 1 is 1.00 bits per heavy atom. The van der Waals surface area contributed by atoms with Crippen LogP contribution in [-0.4, -0.2) is 26.0 Å². The number of carbonyl (C=O) groups excluding carboxylic acids is 1. The van der Waals surface area contributed by atoms with Crippen molar-refractivity contribution in [2.45, 2.75) is 10.1 Å². The van der Waals surface area contributed by atoms with Crippen LogP contribution in [0.4, 0.5) is 14.9 Å². The fourth-order valence-corrected chi connectivity index (χ4v) is 4.29. The van der Waals surface area contributed by atoms with Crippen molar-refractivity contribution in [1.82, 2.24) is 10.3 Å². The number of carbonyl (C=O) groups is 1. The second kappa shape index (κ2) is 8.62. The summed E-state index contributed by atoms with van der Waals surface area (Å²) >= 11 is 0. The normalized spacial score (nSPS) is 12.2. The van der Waals surface area contributed by atoms with Gasteiger partial charge in [0.1, 0.15) is 11.1 Å². The molecule has 1 atom stereocenters. The highest BCUT2D eigenvalue weighted by Gasteiger charge is 2.30. The van der Waals surface area contributed by atoms with Gasteiger partial charge in [0.25, 0.3) is 0 Å². The molecule has 2 aromatic carbocycles. The van der Waals surface area contributed by atoms with Crippen LogP contribution < -0.4 is 10.6 Å². The van der Waals surface area contributed by atoms with Crippen molar-refractivity contribution in [2.75, 3.05) is 11.9 Å². The van der Waals surface area contributed by atoms with E-state index in [4.69, 9.17) is 0 Å². The number of anilines is 1. The molecular weight excluding hydrogens is 381 g/mol. The first-order valence-electron chi connectivity index (χ1n) is 8.46. The number of hydrogen-bond acceptors (Lipinski definition) is 4. The summed E-state index contributed by atoms with van der Waals surface area (Å²) in [6.07, 6.45) is 2.96. The van der Waals surface area contributed by atoms with E-state index in [1.54, 1.807) is 36.4 Å². The van der Waals surface area contributed by atoms with Crippen molar-refractivity contribution in [3.63, 3.8) is 0 Å². The Morgan fingerprint density at radius 2 is 1.71 bits per heavy atom. The third kappa shape index (κ3) is 4.72. The standard InChI is InChI=1S/C20H18FN3O3S/c21-16-8-10-18(11-9-16)28(26,27)19(15-5-4-12-22-13-15)14-23-20(25)24-17-6-2-1-3-7-17/h1-13,19H,14H2,(H2,23,24,25). The first-order chi connectivity index (χ1) is 13.5. The zero-order valence-electron chi connectivity index (χ0n) is 14.7. The van der Waals surface area contributed by atoms with Crippen molar-refractivity contribution in [3.05, 3.63) is 90.5 Å². The Morgan fingerprint density at radius 3 is 2.36 bits per heavy atom. The maximum Gasteiger partial charge on any atom is 0.319 e. The van der Waals surface area contributed by atoms with Gasteiger partial charge in [0, 0.05) is 24.6 Å². The largest absolute Gasteiger partial charge is 0.336 e. The number of benzene rings is 2. The first-order valence-corrected chi connectivity index (χ1v) is 10.0. The van der Waals surface area contributed by atoms with Crippen LogP contribution in [0.2, 0.25) is 0 Å². The van der Waals surface area contributed by atoms with E-state index in [1.807, 2.05) is 6.07 Å². The van der Waals surface area contributed by atoms with Crippen molar-refractivity contribution < 1.29 is 17.6 Å². The van der Waals surface area contributed by atoms with E-state index in [1.165, 1.54) is 24.5 Å². The minimum Gasteiger partial charge on any atom is -0.336 e. The summed E-state index contributed by atoms with van der Waals surface area (Å²) in [5.41, 5.74) is 1.01. The molecule has 8 heteroatoms. The first kappa shape index (κ1) is 19.5. The number of aromatic nitrogens is 1. The van der Waals surface area contributed by atoms with E-state index in [0.717, 1.165) is 12.1 Å². The topological polar surface area (TPSA) is 88.2 Å². The molecule has 3 rings (SSSR count). The number of hydrogen-bond donors (Lipinski definition) is 2. The summed E-state index contributed by atoms with van der Waals surface area (Å²) in [7, 11) is -3.89. The van der Waals surface area contributed by atoms with Gasteiger partial charge in [-0.3, -0.25) is 4.98 Å². The van der Waals surface area contributed by atoms with E-state index in [2.05, 4.69) is 15.6 Å². The molecular formula is C20H18FN3O3S. The minimum atomic E-state index is -3.89. The van der Waals surface area contributed by atoms with Gasteiger partial charge in [0.05, 0.1) is 4.90 Å². The van der Waals surface area contributed by atoms with Gasteiger partial charge in [0.2, 0.25) is 0 Å². The van der Waals surface area contributed by atoms with Crippen molar-refractivity contribution in [1.29, 1.82) is 0 Å². The van der Waals surface area contributed by atoms with Crippen LogP contribution in [0, 0.1) is 5.82 Å². The molecule has 144 valence electrons. The molecule has 0 spiro atoms. The highest BCUT2D eigenvalue weighted by atomic mass is 32.2. The summed E-state index contributed by atoms with van der Waals surface area (Å²) < 4.78 is 39.4. The lowest BCUT2D eigenvalue weighted by atomic mass is 10.2. The summed E-state index contributed by atoms with van der Waals surface area (Å²) in [5, 5.41) is 4.15. The van der Waals surface area contributed by atoms with Gasteiger partial charge in [-0.2, -0.15) is 0 Å². The Kier molecular flexibility index (Phi) is 6.00. The highest BCUT2D eigenvalue weighted by molar-refractivity contribution is 7.91. The van der Waals surface area contributed by atoms with Gasteiger partial charge < -0.3 is 10.6 Å². The SMILES string of the molecule is O=C(NCC(c1cccnc1)S(=O)(=O)c1ccc(F)cc1)Nc1ccccc1. The van der Waals surface area contributed by atoms with Gasteiger partial charge in [-0.1, -0.05) is 24.3 Å². The molecule has 3 aromatic rings. The molecule has 2 N–H and O–H groups in total. The Labute approximate surface area is 162 Å². The summed E-state index contributed by atoms with van der Waals surface area (Å²) in [5.74, 6) is -0.530. The summed E-state index contributed by atoms with van der Waals surface area (Å²) in [4.78, 5) is 16.1. The molecule has 0 aliphatic carbocycles. The quantitative estimate of drug-likeness (QED) is 0.621. The van der Waals surface area contributed by atoms with Gasteiger partial charge >= 0.3 is 6.03 Å². The molecule has 1 aromatic heterocycles. The zero-order chi connectivity index (χ0) is 20.0. The number of amides is 2. The predicted octanol–water partition coefficient (Wildman–Crippen LogP) is 3.56. The Hall–Kier alpha value is -3.26. The fourth-order valence-electron chi connectivity index (χ4n) is 2.64. The second-order valence-electron chi connectivity index (χ2n) is 5.97. The zero-order valence-corrected chi connectivity index (χ0v) is 15.6. The number of sulfone groups is 1. The van der Waals surface area contributed by atoms with Crippen LogP contribution in [0.15, 0.2) is 84.0 Å². The molecule has 28 heavy (non-hydrogen) atoms. The number of pyridine rings is 1. The van der Waals surface area contributed by atoms with Crippen LogP contribution in [0.25, 0.3) is 0 Å². The minimum absolute atomic E-state index is 0.0342. The van der Waals surface area contributed by atoms with Crippen LogP contribution >= 0.6 is 0 Å². The third-order valence-corrected chi connectivity index (χ3v) is 6.17. The number of rotatable bonds is 6. The molecule has 0 saturated heterocycles. The molecule has 6 nitrogen and oxygen atoms in total.